The summed E-state index contributed by atoms with van der Waals surface area (Å²) in [4.78, 5) is 10.1. The highest BCUT2D eigenvalue weighted by molar-refractivity contribution is 7.80. The molecule has 1 atom stereocenters. The second-order valence-electron chi connectivity index (χ2n) is 6.43. The van der Waals surface area contributed by atoms with E-state index < -0.39 is 0 Å². The van der Waals surface area contributed by atoms with E-state index in [0.717, 1.165) is 37.3 Å². The predicted molar refractivity (Wildman–Crippen MR) is 91.1 cm³/mol. The number of fused-ring (bicyclic) bond motifs is 1. The monoisotopic (exact) mass is 304 g/mol. The SMILES string of the molecule is CN(C)CC1CCCN1c1nc2c(cc1C(N)=S)CCC2. The van der Waals surface area contributed by atoms with Gasteiger partial charge in [-0.25, -0.2) is 4.98 Å². The Hall–Kier alpha value is -1.20. The van der Waals surface area contributed by atoms with Crippen molar-refractivity contribution >= 4 is 23.0 Å². The van der Waals surface area contributed by atoms with Crippen molar-refractivity contribution in [2.45, 2.75) is 38.1 Å². The fourth-order valence-corrected chi connectivity index (χ4v) is 3.74. The molecule has 1 saturated heterocycles. The molecular formula is C16H24N4S. The first-order chi connectivity index (χ1) is 10.1. The first-order valence-corrected chi connectivity index (χ1v) is 8.21. The van der Waals surface area contributed by atoms with Gasteiger partial charge in [-0.15, -0.1) is 0 Å². The Kier molecular flexibility index (Phi) is 4.13. The van der Waals surface area contributed by atoms with Crippen LogP contribution in [0.15, 0.2) is 6.07 Å². The molecule has 1 aliphatic heterocycles. The summed E-state index contributed by atoms with van der Waals surface area (Å²) in [6.07, 6.45) is 5.83. The Morgan fingerprint density at radius 1 is 1.43 bits per heavy atom. The van der Waals surface area contributed by atoms with Gasteiger partial charge in [-0.2, -0.15) is 0 Å². The summed E-state index contributed by atoms with van der Waals surface area (Å²) >= 11 is 5.28. The molecule has 2 N–H and O–H groups in total. The second kappa shape index (κ2) is 5.89. The number of pyridine rings is 1. The lowest BCUT2D eigenvalue weighted by atomic mass is 10.1. The van der Waals surface area contributed by atoms with Crippen LogP contribution in [-0.2, 0) is 12.8 Å². The first kappa shape index (κ1) is 14.7. The zero-order chi connectivity index (χ0) is 15.0. The Morgan fingerprint density at radius 3 is 2.95 bits per heavy atom. The van der Waals surface area contributed by atoms with E-state index in [1.165, 1.54) is 30.5 Å². The lowest BCUT2D eigenvalue weighted by Crippen LogP contribution is -2.39. The van der Waals surface area contributed by atoms with Gasteiger partial charge in [-0.1, -0.05) is 12.2 Å². The number of aromatic nitrogens is 1. The van der Waals surface area contributed by atoms with Gasteiger partial charge in [0, 0.05) is 24.8 Å². The summed E-state index contributed by atoms with van der Waals surface area (Å²) in [5.41, 5.74) is 9.53. The van der Waals surface area contributed by atoms with E-state index in [4.69, 9.17) is 22.9 Å². The third-order valence-electron chi connectivity index (χ3n) is 4.52. The number of anilines is 1. The van der Waals surface area contributed by atoms with Crippen LogP contribution >= 0.6 is 12.2 Å². The zero-order valence-corrected chi connectivity index (χ0v) is 13.7. The number of thiocarbonyl (C=S) groups is 1. The number of nitrogens with two attached hydrogens (primary N) is 1. The normalized spacial score (nSPS) is 21.1. The smallest absolute Gasteiger partial charge is 0.139 e. The Balaban J connectivity index is 1.98. The number of hydrogen-bond acceptors (Lipinski definition) is 4. The van der Waals surface area contributed by atoms with Crippen LogP contribution in [0.1, 0.15) is 36.1 Å². The minimum absolute atomic E-state index is 0.475. The Morgan fingerprint density at radius 2 is 2.24 bits per heavy atom. The predicted octanol–water partition coefficient (Wildman–Crippen LogP) is 1.73. The molecule has 0 radical (unpaired) electrons. The Bertz CT molecular complexity index is 555. The van der Waals surface area contributed by atoms with Crippen molar-refractivity contribution in [3.63, 3.8) is 0 Å². The van der Waals surface area contributed by atoms with Crippen LogP contribution in [0, 0.1) is 0 Å². The third-order valence-corrected chi connectivity index (χ3v) is 4.74. The number of nitrogens with zero attached hydrogens (tertiary/aromatic N) is 3. The van der Waals surface area contributed by atoms with Crippen molar-refractivity contribution in [3.8, 4) is 0 Å². The molecule has 1 aromatic rings. The van der Waals surface area contributed by atoms with Gasteiger partial charge in [0.25, 0.3) is 0 Å². The molecule has 0 amide bonds. The third kappa shape index (κ3) is 2.90. The standard InChI is InChI=1S/C16H24N4S/c1-19(2)10-12-6-4-8-20(12)16-13(15(17)21)9-11-5-3-7-14(11)18-16/h9,12H,3-8,10H2,1-2H3,(H2,17,21). The number of likely N-dealkylation sites (N-methyl/N-ethyl adjacent to an activating group) is 1. The molecule has 0 saturated carbocycles. The molecule has 1 fully saturated rings. The molecule has 0 bridgehead atoms. The number of hydrogen-bond donors (Lipinski definition) is 1. The first-order valence-electron chi connectivity index (χ1n) is 7.80. The van der Waals surface area contributed by atoms with Gasteiger partial charge in [-0.05, 0) is 57.8 Å². The maximum Gasteiger partial charge on any atom is 0.139 e. The Labute approximate surface area is 132 Å². The van der Waals surface area contributed by atoms with Crippen molar-refractivity contribution < 1.29 is 0 Å². The number of aryl methyl sites for hydroxylation is 2. The van der Waals surface area contributed by atoms with Crippen molar-refractivity contribution in [1.82, 2.24) is 9.88 Å². The van der Waals surface area contributed by atoms with Crippen LogP contribution < -0.4 is 10.6 Å². The van der Waals surface area contributed by atoms with Crippen molar-refractivity contribution in [1.29, 1.82) is 0 Å². The second-order valence-corrected chi connectivity index (χ2v) is 6.87. The van der Waals surface area contributed by atoms with Gasteiger partial charge in [0.15, 0.2) is 0 Å². The lowest BCUT2D eigenvalue weighted by molar-refractivity contribution is 0.371. The lowest BCUT2D eigenvalue weighted by Gasteiger charge is -2.30. The van der Waals surface area contributed by atoms with E-state index in [2.05, 4.69) is 30.0 Å². The molecule has 3 rings (SSSR count). The van der Waals surface area contributed by atoms with E-state index in [9.17, 15) is 0 Å². The van der Waals surface area contributed by atoms with Gasteiger partial charge in [0.2, 0.25) is 0 Å². The summed E-state index contributed by atoms with van der Waals surface area (Å²) in [6.45, 7) is 2.11. The summed E-state index contributed by atoms with van der Waals surface area (Å²) < 4.78 is 0. The topological polar surface area (TPSA) is 45.4 Å². The minimum atomic E-state index is 0.475. The van der Waals surface area contributed by atoms with E-state index >= 15 is 0 Å². The van der Waals surface area contributed by atoms with Gasteiger partial charge in [-0.3, -0.25) is 0 Å². The van der Waals surface area contributed by atoms with Gasteiger partial charge in [0.1, 0.15) is 10.8 Å². The van der Waals surface area contributed by atoms with Crippen LogP contribution in [0.5, 0.6) is 0 Å². The van der Waals surface area contributed by atoms with Crippen molar-refractivity contribution in [3.05, 3.63) is 22.9 Å². The summed E-state index contributed by atoms with van der Waals surface area (Å²) in [5, 5.41) is 0. The molecule has 1 aromatic heterocycles. The molecular weight excluding hydrogens is 280 g/mol. The molecule has 4 nitrogen and oxygen atoms in total. The van der Waals surface area contributed by atoms with E-state index in [0.29, 0.717) is 11.0 Å². The van der Waals surface area contributed by atoms with Crippen molar-refractivity contribution in [2.24, 2.45) is 5.73 Å². The molecule has 21 heavy (non-hydrogen) atoms. The fraction of sp³-hybridized carbons (Fsp3) is 0.625. The summed E-state index contributed by atoms with van der Waals surface area (Å²) in [7, 11) is 4.25. The van der Waals surface area contributed by atoms with Crippen LogP contribution in [0.2, 0.25) is 0 Å². The molecule has 2 aliphatic rings. The number of rotatable bonds is 4. The highest BCUT2D eigenvalue weighted by Gasteiger charge is 2.29. The largest absolute Gasteiger partial charge is 0.389 e. The molecule has 1 unspecified atom stereocenters. The van der Waals surface area contributed by atoms with Crippen LogP contribution in [0.25, 0.3) is 0 Å². The van der Waals surface area contributed by atoms with Crippen LogP contribution in [-0.4, -0.2) is 48.1 Å². The van der Waals surface area contributed by atoms with Gasteiger partial charge < -0.3 is 15.5 Å². The van der Waals surface area contributed by atoms with E-state index in [-0.39, 0.29) is 0 Å². The maximum atomic E-state index is 5.98. The average molecular weight is 304 g/mol. The molecule has 1 aliphatic carbocycles. The highest BCUT2D eigenvalue weighted by Crippen LogP contribution is 2.31. The van der Waals surface area contributed by atoms with E-state index in [1.807, 2.05) is 0 Å². The van der Waals surface area contributed by atoms with E-state index in [1.54, 1.807) is 0 Å². The molecule has 114 valence electrons. The van der Waals surface area contributed by atoms with Gasteiger partial charge >= 0.3 is 0 Å². The molecule has 0 spiro atoms. The van der Waals surface area contributed by atoms with Gasteiger partial charge in [0.05, 0.1) is 5.56 Å². The fourth-order valence-electron chi connectivity index (χ4n) is 3.59. The zero-order valence-electron chi connectivity index (χ0n) is 12.9. The highest BCUT2D eigenvalue weighted by atomic mass is 32.1. The molecule has 5 heteroatoms. The average Bonchev–Trinajstić information content (AvgIpc) is 3.04. The molecule has 2 heterocycles. The van der Waals surface area contributed by atoms with Crippen LogP contribution in [0.3, 0.4) is 0 Å². The van der Waals surface area contributed by atoms with Crippen LogP contribution in [0.4, 0.5) is 5.82 Å². The van der Waals surface area contributed by atoms with Crippen molar-refractivity contribution in [2.75, 3.05) is 32.1 Å². The maximum absolute atomic E-state index is 5.98. The minimum Gasteiger partial charge on any atom is -0.389 e. The summed E-state index contributed by atoms with van der Waals surface area (Å²) in [6, 6.07) is 2.71. The quantitative estimate of drug-likeness (QED) is 0.859. The molecule has 0 aromatic carbocycles. The summed E-state index contributed by atoms with van der Waals surface area (Å²) in [5.74, 6) is 1.02.